The summed E-state index contributed by atoms with van der Waals surface area (Å²) in [5, 5.41) is 12.7. The van der Waals surface area contributed by atoms with Crippen molar-refractivity contribution in [3.63, 3.8) is 0 Å². The standard InChI is InChI=1S/C18H21NO/c1-13-4-2-6-15(8-13)16-10-18(11-16)19-17-7-3-5-14(9-17)12-20/h2-9,16,18-20H,10-12H2,1H3. The fourth-order valence-electron chi connectivity index (χ4n) is 2.93. The number of aliphatic hydroxyl groups excluding tert-OH is 1. The Bertz CT molecular complexity index is 587. The van der Waals surface area contributed by atoms with Crippen molar-refractivity contribution in [2.45, 2.75) is 38.3 Å². The van der Waals surface area contributed by atoms with Crippen molar-refractivity contribution in [2.24, 2.45) is 0 Å². The lowest BCUT2D eigenvalue weighted by Gasteiger charge is -2.37. The lowest BCUT2D eigenvalue weighted by Crippen LogP contribution is -2.34. The summed E-state index contributed by atoms with van der Waals surface area (Å²) in [6, 6.07) is 17.4. The van der Waals surface area contributed by atoms with Gasteiger partial charge in [-0.25, -0.2) is 0 Å². The van der Waals surface area contributed by atoms with E-state index in [1.54, 1.807) is 0 Å². The van der Waals surface area contributed by atoms with Crippen LogP contribution < -0.4 is 5.32 Å². The topological polar surface area (TPSA) is 32.3 Å². The Balaban J connectivity index is 1.58. The van der Waals surface area contributed by atoms with E-state index in [1.165, 1.54) is 24.0 Å². The number of hydrogen-bond acceptors (Lipinski definition) is 2. The van der Waals surface area contributed by atoms with E-state index in [4.69, 9.17) is 5.11 Å². The molecule has 3 rings (SSSR count). The van der Waals surface area contributed by atoms with E-state index in [9.17, 15) is 0 Å². The summed E-state index contributed by atoms with van der Waals surface area (Å²) in [5.41, 5.74) is 4.88. The molecule has 0 bridgehead atoms. The largest absolute Gasteiger partial charge is 0.392 e. The third-order valence-corrected chi connectivity index (χ3v) is 4.13. The van der Waals surface area contributed by atoms with Gasteiger partial charge < -0.3 is 10.4 Å². The molecular formula is C18H21NO. The van der Waals surface area contributed by atoms with E-state index in [2.05, 4.69) is 42.6 Å². The van der Waals surface area contributed by atoms with Crippen molar-refractivity contribution < 1.29 is 5.11 Å². The zero-order valence-electron chi connectivity index (χ0n) is 11.8. The second kappa shape index (κ2) is 5.68. The molecule has 0 atom stereocenters. The summed E-state index contributed by atoms with van der Waals surface area (Å²) < 4.78 is 0. The third-order valence-electron chi connectivity index (χ3n) is 4.13. The molecule has 1 aliphatic carbocycles. The van der Waals surface area contributed by atoms with Crippen LogP contribution >= 0.6 is 0 Å². The molecule has 0 unspecified atom stereocenters. The molecule has 0 amide bonds. The van der Waals surface area contributed by atoms with Crippen molar-refractivity contribution >= 4 is 5.69 Å². The number of aliphatic hydroxyl groups is 1. The van der Waals surface area contributed by atoms with Crippen molar-refractivity contribution in [3.8, 4) is 0 Å². The predicted molar refractivity (Wildman–Crippen MR) is 82.9 cm³/mol. The number of nitrogens with one attached hydrogen (secondary N) is 1. The second-order valence-corrected chi connectivity index (χ2v) is 5.78. The molecule has 2 nitrogen and oxygen atoms in total. The minimum atomic E-state index is 0.103. The SMILES string of the molecule is Cc1cccc(C2CC(Nc3cccc(CO)c3)C2)c1. The average Bonchev–Trinajstić information content (AvgIpc) is 2.42. The van der Waals surface area contributed by atoms with Gasteiger partial charge in [-0.05, 0) is 48.9 Å². The first-order chi connectivity index (χ1) is 9.74. The smallest absolute Gasteiger partial charge is 0.0682 e. The van der Waals surface area contributed by atoms with Crippen molar-refractivity contribution in [1.82, 2.24) is 0 Å². The van der Waals surface area contributed by atoms with Gasteiger partial charge in [-0.15, -0.1) is 0 Å². The Morgan fingerprint density at radius 2 is 1.90 bits per heavy atom. The highest BCUT2D eigenvalue weighted by Crippen LogP contribution is 2.38. The van der Waals surface area contributed by atoms with Crippen LogP contribution in [0.1, 0.15) is 35.4 Å². The van der Waals surface area contributed by atoms with E-state index < -0.39 is 0 Å². The molecule has 0 saturated heterocycles. The number of anilines is 1. The molecule has 104 valence electrons. The first-order valence-electron chi connectivity index (χ1n) is 7.27. The van der Waals surface area contributed by atoms with Crippen LogP contribution in [0.15, 0.2) is 48.5 Å². The molecule has 0 heterocycles. The van der Waals surface area contributed by atoms with Gasteiger partial charge in [0.25, 0.3) is 0 Å². The van der Waals surface area contributed by atoms with Crippen LogP contribution in [0.4, 0.5) is 5.69 Å². The number of aryl methyl sites for hydroxylation is 1. The minimum Gasteiger partial charge on any atom is -0.392 e. The highest BCUT2D eigenvalue weighted by molar-refractivity contribution is 5.47. The van der Waals surface area contributed by atoms with Crippen LogP contribution in [0.5, 0.6) is 0 Å². The van der Waals surface area contributed by atoms with Crippen molar-refractivity contribution in [2.75, 3.05) is 5.32 Å². The number of benzene rings is 2. The van der Waals surface area contributed by atoms with Crippen LogP contribution in [-0.4, -0.2) is 11.1 Å². The van der Waals surface area contributed by atoms with Gasteiger partial charge in [-0.1, -0.05) is 42.0 Å². The zero-order valence-corrected chi connectivity index (χ0v) is 11.8. The lowest BCUT2D eigenvalue weighted by atomic mass is 9.75. The van der Waals surface area contributed by atoms with Crippen LogP contribution in [0.2, 0.25) is 0 Å². The third kappa shape index (κ3) is 2.86. The van der Waals surface area contributed by atoms with Crippen LogP contribution in [0, 0.1) is 6.92 Å². The molecule has 0 radical (unpaired) electrons. The molecule has 1 aliphatic rings. The van der Waals surface area contributed by atoms with Gasteiger partial charge >= 0.3 is 0 Å². The van der Waals surface area contributed by atoms with E-state index >= 15 is 0 Å². The molecule has 0 aliphatic heterocycles. The van der Waals surface area contributed by atoms with Gasteiger partial charge in [0.05, 0.1) is 6.61 Å². The molecule has 20 heavy (non-hydrogen) atoms. The van der Waals surface area contributed by atoms with Gasteiger partial charge in [-0.2, -0.15) is 0 Å². The summed E-state index contributed by atoms with van der Waals surface area (Å²) in [5.74, 6) is 0.688. The molecular weight excluding hydrogens is 246 g/mol. The average molecular weight is 267 g/mol. The maximum Gasteiger partial charge on any atom is 0.0682 e. The van der Waals surface area contributed by atoms with Gasteiger partial charge in [-0.3, -0.25) is 0 Å². The summed E-state index contributed by atoms with van der Waals surface area (Å²) in [6.07, 6.45) is 2.37. The Kier molecular flexibility index (Phi) is 3.75. The van der Waals surface area contributed by atoms with Crippen molar-refractivity contribution in [3.05, 3.63) is 65.2 Å². The van der Waals surface area contributed by atoms with Crippen LogP contribution in [0.3, 0.4) is 0 Å². The first kappa shape index (κ1) is 13.2. The highest BCUT2D eigenvalue weighted by atomic mass is 16.3. The summed E-state index contributed by atoms with van der Waals surface area (Å²) in [6.45, 7) is 2.25. The van der Waals surface area contributed by atoms with Gasteiger partial charge in [0, 0.05) is 11.7 Å². The van der Waals surface area contributed by atoms with Gasteiger partial charge in [0.15, 0.2) is 0 Å². The molecule has 1 saturated carbocycles. The fraction of sp³-hybridized carbons (Fsp3) is 0.333. The lowest BCUT2D eigenvalue weighted by molar-refractivity contribution is 0.282. The molecule has 0 aromatic heterocycles. The van der Waals surface area contributed by atoms with Gasteiger partial charge in [0.2, 0.25) is 0 Å². The van der Waals surface area contributed by atoms with Crippen LogP contribution in [-0.2, 0) is 6.61 Å². The summed E-state index contributed by atoms with van der Waals surface area (Å²) in [4.78, 5) is 0. The fourth-order valence-corrected chi connectivity index (χ4v) is 2.93. The molecule has 2 aromatic rings. The molecule has 0 spiro atoms. The Hall–Kier alpha value is -1.80. The molecule has 2 N–H and O–H groups in total. The Morgan fingerprint density at radius 1 is 1.10 bits per heavy atom. The molecule has 2 aromatic carbocycles. The quantitative estimate of drug-likeness (QED) is 0.882. The monoisotopic (exact) mass is 267 g/mol. The maximum absolute atomic E-state index is 9.16. The molecule has 1 fully saturated rings. The van der Waals surface area contributed by atoms with Crippen LogP contribution in [0.25, 0.3) is 0 Å². The minimum absolute atomic E-state index is 0.103. The zero-order chi connectivity index (χ0) is 13.9. The number of hydrogen-bond donors (Lipinski definition) is 2. The number of rotatable bonds is 4. The Morgan fingerprint density at radius 3 is 2.65 bits per heavy atom. The van der Waals surface area contributed by atoms with Crippen molar-refractivity contribution in [1.29, 1.82) is 0 Å². The van der Waals surface area contributed by atoms with E-state index in [-0.39, 0.29) is 6.61 Å². The second-order valence-electron chi connectivity index (χ2n) is 5.78. The predicted octanol–water partition coefficient (Wildman–Crippen LogP) is 3.85. The normalized spacial score (nSPS) is 21.3. The van der Waals surface area contributed by atoms with E-state index in [0.717, 1.165) is 11.3 Å². The summed E-state index contributed by atoms with van der Waals surface area (Å²) >= 11 is 0. The highest BCUT2D eigenvalue weighted by Gasteiger charge is 2.30. The Labute approximate surface area is 120 Å². The molecule has 2 heteroatoms. The van der Waals surface area contributed by atoms with E-state index in [0.29, 0.717) is 12.0 Å². The van der Waals surface area contributed by atoms with E-state index in [1.807, 2.05) is 18.2 Å². The first-order valence-corrected chi connectivity index (χ1v) is 7.27. The van der Waals surface area contributed by atoms with Gasteiger partial charge in [0.1, 0.15) is 0 Å². The maximum atomic E-state index is 9.16. The summed E-state index contributed by atoms with van der Waals surface area (Å²) in [7, 11) is 0.